The Labute approximate surface area is 163 Å². The molecule has 2 aromatic rings. The summed E-state index contributed by atoms with van der Waals surface area (Å²) in [7, 11) is -1.82. The Morgan fingerprint density at radius 1 is 1.39 bits per heavy atom. The van der Waals surface area contributed by atoms with Crippen molar-refractivity contribution in [2.24, 2.45) is 0 Å². The summed E-state index contributed by atoms with van der Waals surface area (Å²) >= 11 is 0. The van der Waals surface area contributed by atoms with Crippen molar-refractivity contribution in [2.75, 3.05) is 32.6 Å². The molecule has 3 heterocycles. The third-order valence-corrected chi connectivity index (χ3v) is 8.29. The van der Waals surface area contributed by atoms with Gasteiger partial charge in [-0.05, 0) is 19.4 Å². The number of amides is 1. The first-order chi connectivity index (χ1) is 13.4. The third-order valence-electron chi connectivity index (χ3n) is 5.74. The number of benzene rings is 1. The molecule has 4 rings (SSSR count). The van der Waals surface area contributed by atoms with Gasteiger partial charge in [-0.2, -0.15) is 4.98 Å². The number of aromatic nitrogens is 2. The first-order valence-corrected chi connectivity index (χ1v) is 10.9. The molecule has 1 amide bonds. The number of aryl methyl sites for hydroxylation is 1. The third kappa shape index (κ3) is 3.02. The second-order valence-corrected chi connectivity index (χ2v) is 9.99. The van der Waals surface area contributed by atoms with Crippen molar-refractivity contribution in [1.82, 2.24) is 15.0 Å². The fourth-order valence-electron chi connectivity index (χ4n) is 4.12. The summed E-state index contributed by atoms with van der Waals surface area (Å²) in [6, 6.07) is 7.74. The number of hydrogen-bond donors (Lipinski definition) is 0. The quantitative estimate of drug-likeness (QED) is 0.744. The summed E-state index contributed by atoms with van der Waals surface area (Å²) in [6.45, 7) is 2.64. The highest BCUT2D eigenvalue weighted by Gasteiger charge is 2.64. The second-order valence-electron chi connectivity index (χ2n) is 7.54. The number of likely N-dealkylation sites (tertiary alicyclic amines) is 1. The van der Waals surface area contributed by atoms with Crippen molar-refractivity contribution in [3.63, 3.8) is 0 Å². The summed E-state index contributed by atoms with van der Waals surface area (Å²) in [5, 5.41) is 4.06. The van der Waals surface area contributed by atoms with Gasteiger partial charge in [0.1, 0.15) is 4.75 Å². The van der Waals surface area contributed by atoms with Crippen LogP contribution < -0.4 is 0 Å². The number of methoxy groups -OCH3 is 1. The standard InChI is InChI=1S/C19H23N3O5S/c1-13-4-3-5-14(10-13)17-20-18(27-21-17)15-7-9-28(24,25)19(15)11-22(12-19)16(23)6-8-26-2/h3-5,10,15H,6-9,11-12H2,1-2H3. The highest BCUT2D eigenvalue weighted by atomic mass is 32.2. The molecule has 2 saturated heterocycles. The van der Waals surface area contributed by atoms with Gasteiger partial charge in [-0.15, -0.1) is 0 Å². The molecule has 2 aliphatic rings. The Bertz CT molecular complexity index is 995. The zero-order valence-electron chi connectivity index (χ0n) is 15.9. The van der Waals surface area contributed by atoms with Crippen molar-refractivity contribution in [3.05, 3.63) is 35.7 Å². The molecule has 0 bridgehead atoms. The first kappa shape index (κ1) is 19.1. The lowest BCUT2D eigenvalue weighted by Crippen LogP contribution is -2.67. The van der Waals surface area contributed by atoms with Gasteiger partial charge in [0, 0.05) is 25.8 Å². The Hall–Kier alpha value is -2.26. The average molecular weight is 405 g/mol. The number of rotatable bonds is 5. The van der Waals surface area contributed by atoms with E-state index in [1.807, 2.05) is 31.2 Å². The maximum Gasteiger partial charge on any atom is 0.231 e. The molecule has 28 heavy (non-hydrogen) atoms. The predicted molar refractivity (Wildman–Crippen MR) is 101 cm³/mol. The van der Waals surface area contributed by atoms with Crippen LogP contribution in [0, 0.1) is 6.92 Å². The van der Waals surface area contributed by atoms with Crippen LogP contribution in [0.1, 0.15) is 30.2 Å². The van der Waals surface area contributed by atoms with Gasteiger partial charge in [0.05, 0.1) is 24.7 Å². The second kappa shape index (κ2) is 6.97. The molecular weight excluding hydrogens is 382 g/mol. The van der Waals surface area contributed by atoms with Crippen molar-refractivity contribution < 1.29 is 22.5 Å². The molecule has 1 aromatic heterocycles. The molecular formula is C19H23N3O5S. The molecule has 150 valence electrons. The van der Waals surface area contributed by atoms with Crippen molar-refractivity contribution >= 4 is 15.7 Å². The highest BCUT2D eigenvalue weighted by molar-refractivity contribution is 7.93. The Kier molecular flexibility index (Phi) is 4.75. The molecule has 8 nitrogen and oxygen atoms in total. The molecule has 1 unspecified atom stereocenters. The maximum atomic E-state index is 12.8. The average Bonchev–Trinajstić information content (AvgIpc) is 3.20. The van der Waals surface area contributed by atoms with Gasteiger partial charge < -0.3 is 14.2 Å². The predicted octanol–water partition coefficient (Wildman–Crippen LogP) is 1.56. The van der Waals surface area contributed by atoms with Gasteiger partial charge in [-0.1, -0.05) is 28.9 Å². The summed E-state index contributed by atoms with van der Waals surface area (Å²) in [6.07, 6.45) is 0.674. The van der Waals surface area contributed by atoms with Crippen LogP contribution in [0.5, 0.6) is 0 Å². The monoisotopic (exact) mass is 405 g/mol. The van der Waals surface area contributed by atoms with E-state index in [0.717, 1.165) is 11.1 Å². The summed E-state index contributed by atoms with van der Waals surface area (Å²) in [5.74, 6) is 0.362. The number of sulfone groups is 1. The van der Waals surface area contributed by atoms with E-state index in [4.69, 9.17) is 9.26 Å². The normalized spacial score (nSPS) is 22.4. The molecule has 9 heteroatoms. The van der Waals surface area contributed by atoms with Crippen LogP contribution in [0.2, 0.25) is 0 Å². The highest BCUT2D eigenvalue weighted by Crippen LogP contribution is 2.49. The number of ether oxygens (including phenoxy) is 1. The van der Waals surface area contributed by atoms with Gasteiger partial charge in [0.2, 0.25) is 17.6 Å². The van der Waals surface area contributed by atoms with E-state index in [2.05, 4.69) is 10.1 Å². The topological polar surface area (TPSA) is 103 Å². The van der Waals surface area contributed by atoms with Crippen LogP contribution >= 0.6 is 0 Å². The van der Waals surface area contributed by atoms with E-state index in [9.17, 15) is 13.2 Å². The number of carbonyl (C=O) groups is 1. The number of carbonyl (C=O) groups excluding carboxylic acids is 1. The number of nitrogens with zero attached hydrogens (tertiary/aromatic N) is 3. The molecule has 0 radical (unpaired) electrons. The van der Waals surface area contributed by atoms with Crippen molar-refractivity contribution in [1.29, 1.82) is 0 Å². The minimum absolute atomic E-state index is 0.0694. The van der Waals surface area contributed by atoms with E-state index < -0.39 is 20.5 Å². The van der Waals surface area contributed by atoms with Crippen molar-refractivity contribution in [2.45, 2.75) is 30.4 Å². The largest absolute Gasteiger partial charge is 0.384 e. The van der Waals surface area contributed by atoms with Gasteiger partial charge in [0.25, 0.3) is 0 Å². The van der Waals surface area contributed by atoms with Gasteiger partial charge >= 0.3 is 0 Å². The molecule has 0 aliphatic carbocycles. The van der Waals surface area contributed by atoms with Crippen LogP contribution in [0.15, 0.2) is 28.8 Å². The van der Waals surface area contributed by atoms with E-state index in [-0.39, 0.29) is 31.2 Å². The van der Waals surface area contributed by atoms with Gasteiger partial charge in [-0.3, -0.25) is 4.79 Å². The Morgan fingerprint density at radius 2 is 2.18 bits per heavy atom. The number of hydrogen-bond acceptors (Lipinski definition) is 7. The lowest BCUT2D eigenvalue weighted by atomic mass is 9.83. The van der Waals surface area contributed by atoms with Gasteiger partial charge in [-0.25, -0.2) is 8.42 Å². The first-order valence-electron chi connectivity index (χ1n) is 9.26. The zero-order chi connectivity index (χ0) is 19.9. The minimum Gasteiger partial charge on any atom is -0.384 e. The van der Waals surface area contributed by atoms with E-state index in [0.29, 0.717) is 24.7 Å². The summed E-state index contributed by atoms with van der Waals surface area (Å²) in [5.41, 5.74) is 1.91. The zero-order valence-corrected chi connectivity index (χ0v) is 16.7. The van der Waals surface area contributed by atoms with E-state index >= 15 is 0 Å². The molecule has 1 atom stereocenters. The molecule has 2 aliphatic heterocycles. The van der Waals surface area contributed by atoms with Gasteiger partial charge in [0.15, 0.2) is 9.84 Å². The molecule has 1 aromatic carbocycles. The van der Waals surface area contributed by atoms with Crippen molar-refractivity contribution in [3.8, 4) is 11.4 Å². The Balaban J connectivity index is 1.58. The van der Waals surface area contributed by atoms with Crippen LogP contribution in [0.25, 0.3) is 11.4 Å². The Morgan fingerprint density at radius 3 is 2.89 bits per heavy atom. The summed E-state index contributed by atoms with van der Waals surface area (Å²) < 4.78 is 35.0. The summed E-state index contributed by atoms with van der Waals surface area (Å²) in [4.78, 5) is 18.3. The van der Waals surface area contributed by atoms with E-state index in [1.54, 1.807) is 4.90 Å². The van der Waals surface area contributed by atoms with Crippen LogP contribution in [0.3, 0.4) is 0 Å². The fourth-order valence-corrected chi connectivity index (χ4v) is 6.43. The SMILES string of the molecule is COCCC(=O)N1CC2(C1)C(c1nc(-c3cccc(C)c3)no1)CCS2(=O)=O. The molecule has 0 N–H and O–H groups in total. The van der Waals surface area contributed by atoms with Crippen LogP contribution in [-0.4, -0.2) is 66.7 Å². The lowest BCUT2D eigenvalue weighted by molar-refractivity contribution is -0.137. The smallest absolute Gasteiger partial charge is 0.231 e. The molecule has 0 saturated carbocycles. The lowest BCUT2D eigenvalue weighted by Gasteiger charge is -2.49. The fraction of sp³-hybridized carbons (Fsp3) is 0.526. The minimum atomic E-state index is -3.35. The molecule has 1 spiro atoms. The maximum absolute atomic E-state index is 12.8. The van der Waals surface area contributed by atoms with Crippen LogP contribution in [-0.2, 0) is 19.4 Å². The van der Waals surface area contributed by atoms with Crippen LogP contribution in [0.4, 0.5) is 0 Å². The molecule has 2 fully saturated rings. The van der Waals surface area contributed by atoms with E-state index in [1.165, 1.54) is 7.11 Å².